The molecule has 4 nitrogen and oxygen atoms in total. The second-order valence-corrected chi connectivity index (χ2v) is 5.40. The van der Waals surface area contributed by atoms with E-state index < -0.39 is 11.8 Å². The third kappa shape index (κ3) is 4.11. The molecule has 0 aliphatic carbocycles. The highest BCUT2D eigenvalue weighted by molar-refractivity contribution is 5.96. The summed E-state index contributed by atoms with van der Waals surface area (Å²) in [7, 11) is 0. The van der Waals surface area contributed by atoms with Crippen molar-refractivity contribution in [2.45, 2.75) is 46.1 Å². The van der Waals surface area contributed by atoms with Crippen molar-refractivity contribution >= 4 is 17.3 Å². The average molecular weight is 282 g/mol. The standard InChI is InChI=1S/C15H23FN2O2/c1-5-7-15(3,4)18-13-8-10(14(19)20-6-2)12(17)9-11(13)16/h8-9,18H,5-7,17H2,1-4H3. The Labute approximate surface area is 119 Å². The minimum atomic E-state index is -0.540. The molecule has 0 bridgehead atoms. The maximum absolute atomic E-state index is 14.0. The number of hydrogen-bond donors (Lipinski definition) is 2. The van der Waals surface area contributed by atoms with Crippen LogP contribution in [0.2, 0.25) is 0 Å². The van der Waals surface area contributed by atoms with Crippen molar-refractivity contribution in [2.75, 3.05) is 17.7 Å². The van der Waals surface area contributed by atoms with Crippen LogP contribution in [0, 0.1) is 5.82 Å². The van der Waals surface area contributed by atoms with Gasteiger partial charge in [-0.05, 0) is 39.3 Å². The summed E-state index contributed by atoms with van der Waals surface area (Å²) in [5.74, 6) is -1.01. The molecule has 0 spiro atoms. The lowest BCUT2D eigenvalue weighted by molar-refractivity contribution is 0.0527. The molecule has 0 aliphatic rings. The van der Waals surface area contributed by atoms with Crippen molar-refractivity contribution in [3.63, 3.8) is 0 Å². The molecule has 0 unspecified atom stereocenters. The smallest absolute Gasteiger partial charge is 0.340 e. The van der Waals surface area contributed by atoms with Crippen LogP contribution in [-0.2, 0) is 4.74 Å². The van der Waals surface area contributed by atoms with Crippen LogP contribution < -0.4 is 11.1 Å². The number of nitrogens with two attached hydrogens (primary N) is 1. The topological polar surface area (TPSA) is 64.3 Å². The van der Waals surface area contributed by atoms with Crippen LogP contribution in [0.4, 0.5) is 15.8 Å². The maximum atomic E-state index is 14.0. The molecular formula is C15H23FN2O2. The van der Waals surface area contributed by atoms with Crippen molar-refractivity contribution in [1.29, 1.82) is 0 Å². The van der Waals surface area contributed by atoms with Crippen LogP contribution in [0.15, 0.2) is 12.1 Å². The lowest BCUT2D eigenvalue weighted by Crippen LogP contribution is -2.31. The molecule has 112 valence electrons. The van der Waals surface area contributed by atoms with Crippen molar-refractivity contribution in [2.24, 2.45) is 0 Å². The molecule has 1 aromatic carbocycles. The second-order valence-electron chi connectivity index (χ2n) is 5.40. The Balaban J connectivity index is 3.08. The Hall–Kier alpha value is -1.78. The third-order valence-electron chi connectivity index (χ3n) is 2.98. The van der Waals surface area contributed by atoms with Gasteiger partial charge in [-0.3, -0.25) is 0 Å². The zero-order valence-corrected chi connectivity index (χ0v) is 12.5. The van der Waals surface area contributed by atoms with Gasteiger partial charge in [0.2, 0.25) is 0 Å². The third-order valence-corrected chi connectivity index (χ3v) is 2.98. The molecule has 3 N–H and O–H groups in total. The first-order chi connectivity index (χ1) is 9.30. The Bertz CT molecular complexity index is 487. The first-order valence-electron chi connectivity index (χ1n) is 6.85. The summed E-state index contributed by atoms with van der Waals surface area (Å²) >= 11 is 0. The molecule has 0 heterocycles. The number of benzene rings is 1. The fraction of sp³-hybridized carbons (Fsp3) is 0.533. The predicted molar refractivity (Wildman–Crippen MR) is 79.4 cm³/mol. The lowest BCUT2D eigenvalue weighted by Gasteiger charge is -2.27. The van der Waals surface area contributed by atoms with E-state index >= 15 is 0 Å². The van der Waals surface area contributed by atoms with E-state index in [-0.39, 0.29) is 29.1 Å². The molecule has 0 saturated heterocycles. The summed E-state index contributed by atoms with van der Waals surface area (Å²) in [4.78, 5) is 11.8. The van der Waals surface area contributed by atoms with Gasteiger partial charge in [-0.15, -0.1) is 0 Å². The molecule has 0 amide bonds. The van der Waals surface area contributed by atoms with E-state index in [1.807, 2.05) is 13.8 Å². The van der Waals surface area contributed by atoms with Gasteiger partial charge >= 0.3 is 5.97 Å². The second kappa shape index (κ2) is 6.59. The number of halogens is 1. The number of anilines is 2. The summed E-state index contributed by atoms with van der Waals surface area (Å²) in [6.45, 7) is 7.99. The summed E-state index contributed by atoms with van der Waals surface area (Å²) in [5, 5.41) is 3.11. The summed E-state index contributed by atoms with van der Waals surface area (Å²) in [6.07, 6.45) is 1.85. The molecule has 1 aromatic rings. The normalized spacial score (nSPS) is 11.2. The molecule has 20 heavy (non-hydrogen) atoms. The number of carbonyl (C=O) groups is 1. The van der Waals surface area contributed by atoms with E-state index in [4.69, 9.17) is 10.5 Å². The molecule has 0 saturated carbocycles. The molecule has 0 aromatic heterocycles. The molecule has 0 aliphatic heterocycles. The molecule has 0 fully saturated rings. The van der Waals surface area contributed by atoms with Crippen molar-refractivity contribution in [3.8, 4) is 0 Å². The Morgan fingerprint density at radius 3 is 2.60 bits per heavy atom. The first-order valence-corrected chi connectivity index (χ1v) is 6.85. The zero-order valence-electron chi connectivity index (χ0n) is 12.5. The summed E-state index contributed by atoms with van der Waals surface area (Å²) < 4.78 is 18.9. The average Bonchev–Trinajstić information content (AvgIpc) is 2.32. The number of esters is 1. The highest BCUT2D eigenvalue weighted by Crippen LogP contribution is 2.27. The van der Waals surface area contributed by atoms with Gasteiger partial charge in [0.15, 0.2) is 0 Å². The van der Waals surface area contributed by atoms with Crippen LogP contribution in [0.1, 0.15) is 50.9 Å². The van der Waals surface area contributed by atoms with E-state index in [9.17, 15) is 9.18 Å². The largest absolute Gasteiger partial charge is 0.462 e. The van der Waals surface area contributed by atoms with Crippen molar-refractivity contribution < 1.29 is 13.9 Å². The van der Waals surface area contributed by atoms with Crippen LogP contribution in [0.3, 0.4) is 0 Å². The predicted octanol–water partition coefficient (Wildman–Crippen LogP) is 3.58. The first kappa shape index (κ1) is 16.3. The fourth-order valence-corrected chi connectivity index (χ4v) is 2.12. The number of nitrogens with one attached hydrogen (secondary N) is 1. The van der Waals surface area contributed by atoms with Gasteiger partial charge in [-0.2, -0.15) is 0 Å². The monoisotopic (exact) mass is 282 g/mol. The summed E-state index contributed by atoms with van der Waals surface area (Å²) in [6, 6.07) is 2.57. The summed E-state index contributed by atoms with van der Waals surface area (Å²) in [5.41, 5.74) is 5.94. The minimum Gasteiger partial charge on any atom is -0.462 e. The number of ether oxygens (including phenoxy) is 1. The molecule has 0 atom stereocenters. The van der Waals surface area contributed by atoms with Gasteiger partial charge in [0.05, 0.1) is 17.9 Å². The van der Waals surface area contributed by atoms with E-state index in [0.717, 1.165) is 18.9 Å². The van der Waals surface area contributed by atoms with Crippen molar-refractivity contribution in [1.82, 2.24) is 0 Å². The van der Waals surface area contributed by atoms with Gasteiger partial charge in [-0.1, -0.05) is 13.3 Å². The van der Waals surface area contributed by atoms with Crippen LogP contribution in [-0.4, -0.2) is 18.1 Å². The Morgan fingerprint density at radius 1 is 1.40 bits per heavy atom. The minimum absolute atomic E-state index is 0.0831. The lowest BCUT2D eigenvalue weighted by atomic mass is 9.98. The number of rotatable bonds is 6. The highest BCUT2D eigenvalue weighted by Gasteiger charge is 2.21. The van der Waals surface area contributed by atoms with E-state index in [2.05, 4.69) is 12.2 Å². The van der Waals surface area contributed by atoms with Gasteiger partial charge < -0.3 is 15.8 Å². The van der Waals surface area contributed by atoms with E-state index in [1.165, 1.54) is 6.07 Å². The number of nitrogen functional groups attached to an aromatic ring is 1. The van der Waals surface area contributed by atoms with Crippen LogP contribution >= 0.6 is 0 Å². The fourth-order valence-electron chi connectivity index (χ4n) is 2.12. The molecule has 5 heteroatoms. The molecule has 1 rings (SSSR count). The van der Waals surface area contributed by atoms with Gasteiger partial charge in [-0.25, -0.2) is 9.18 Å². The highest BCUT2D eigenvalue weighted by atomic mass is 19.1. The quantitative estimate of drug-likeness (QED) is 0.618. The number of hydrogen-bond acceptors (Lipinski definition) is 4. The van der Waals surface area contributed by atoms with Gasteiger partial charge in [0, 0.05) is 11.2 Å². The van der Waals surface area contributed by atoms with Crippen LogP contribution in [0.5, 0.6) is 0 Å². The van der Waals surface area contributed by atoms with Gasteiger partial charge in [0.1, 0.15) is 5.82 Å². The van der Waals surface area contributed by atoms with Crippen LogP contribution in [0.25, 0.3) is 0 Å². The van der Waals surface area contributed by atoms with E-state index in [1.54, 1.807) is 6.92 Å². The Morgan fingerprint density at radius 2 is 2.05 bits per heavy atom. The molecular weight excluding hydrogens is 259 g/mol. The van der Waals surface area contributed by atoms with Crippen molar-refractivity contribution in [3.05, 3.63) is 23.5 Å². The van der Waals surface area contributed by atoms with Gasteiger partial charge in [0.25, 0.3) is 0 Å². The maximum Gasteiger partial charge on any atom is 0.340 e. The number of carbonyl (C=O) groups excluding carboxylic acids is 1. The Kier molecular flexibility index (Phi) is 5.36. The van der Waals surface area contributed by atoms with E-state index in [0.29, 0.717) is 0 Å². The molecule has 0 radical (unpaired) electrons. The zero-order chi connectivity index (χ0) is 15.3. The SMILES string of the molecule is CCCC(C)(C)Nc1cc(C(=O)OCC)c(N)cc1F.